The fourth-order valence-corrected chi connectivity index (χ4v) is 2.69. The Morgan fingerprint density at radius 1 is 0.450 bits per heavy atom. The van der Waals surface area contributed by atoms with Gasteiger partial charge in [-0.05, 0) is 13.0 Å². The van der Waals surface area contributed by atoms with Crippen molar-refractivity contribution < 1.29 is 0 Å². The molecule has 0 saturated heterocycles. The van der Waals surface area contributed by atoms with Gasteiger partial charge in [0, 0.05) is 0 Å². The minimum Gasteiger partial charge on any atom is -0.330 e. The quantitative estimate of drug-likeness (QED) is 0.314. The van der Waals surface area contributed by atoms with Crippen LogP contribution in [0.4, 0.5) is 0 Å². The van der Waals surface area contributed by atoms with Gasteiger partial charge in [0.25, 0.3) is 0 Å². The Hall–Kier alpha value is 0.492. The average Bonchev–Trinajstić information content (AvgIpc) is 2.43. The molecule has 0 aliphatic heterocycles. The van der Waals surface area contributed by atoms with Crippen LogP contribution < -0.4 is 5.73 Å². The van der Waals surface area contributed by atoms with E-state index < -0.39 is 0 Å². The van der Waals surface area contributed by atoms with Gasteiger partial charge in [-0.2, -0.15) is 0 Å². The predicted octanol–water partition coefficient (Wildman–Crippen LogP) is 5.02. The normalized spacial score (nSPS) is 10.5. The largest absolute Gasteiger partial charge is 0.330 e. The molecule has 0 atom stereocenters. The molecular formula is C18H42AlN. The molecule has 0 saturated carbocycles. The number of nitrogens with two attached hydrogens (primary N) is 1. The van der Waals surface area contributed by atoms with Gasteiger partial charge < -0.3 is 5.73 Å². The standard InChI is InChI=1S/C18H39N.Al.3H/c1-2-3-4-5-6-7-8-9-10-11-12-13-14-15-16-17-18-19;;;;/h2-19H2,1H3;;;;. The highest BCUT2D eigenvalue weighted by Gasteiger charge is 1.94. The molecule has 0 aromatic carbocycles. The number of hydrogen-bond donors (Lipinski definition) is 1. The van der Waals surface area contributed by atoms with Gasteiger partial charge in [0.2, 0.25) is 0 Å². The molecule has 0 radical (unpaired) electrons. The summed E-state index contributed by atoms with van der Waals surface area (Å²) in [7, 11) is 0. The van der Waals surface area contributed by atoms with Gasteiger partial charge in [-0.1, -0.05) is 103 Å². The number of unbranched alkanes of at least 4 members (excludes halogenated alkanes) is 15. The van der Waals surface area contributed by atoms with Crippen molar-refractivity contribution in [3.05, 3.63) is 0 Å². The van der Waals surface area contributed by atoms with Gasteiger partial charge >= 0.3 is 0 Å². The summed E-state index contributed by atoms with van der Waals surface area (Å²) >= 11 is 0. The van der Waals surface area contributed by atoms with E-state index in [0.717, 1.165) is 6.54 Å². The summed E-state index contributed by atoms with van der Waals surface area (Å²) in [4.78, 5) is 0. The van der Waals surface area contributed by atoms with Gasteiger partial charge in [-0.15, -0.1) is 0 Å². The van der Waals surface area contributed by atoms with Gasteiger partial charge in [0.15, 0.2) is 17.4 Å². The highest BCUT2D eigenvalue weighted by atomic mass is 27.0. The fraction of sp³-hybridized carbons (Fsp3) is 1.00. The minimum atomic E-state index is 0. The topological polar surface area (TPSA) is 26.0 Å². The summed E-state index contributed by atoms with van der Waals surface area (Å²) in [6, 6.07) is 0. The highest BCUT2D eigenvalue weighted by Crippen LogP contribution is 2.13. The fourth-order valence-electron chi connectivity index (χ4n) is 2.69. The van der Waals surface area contributed by atoms with Gasteiger partial charge in [0.1, 0.15) is 0 Å². The van der Waals surface area contributed by atoms with Crippen LogP contribution in [0.2, 0.25) is 0 Å². The third kappa shape index (κ3) is 20.8. The van der Waals surface area contributed by atoms with Crippen molar-refractivity contribution in [1.82, 2.24) is 0 Å². The zero-order valence-electron chi connectivity index (χ0n) is 13.6. The van der Waals surface area contributed by atoms with Crippen LogP contribution in [0.15, 0.2) is 0 Å². The maximum atomic E-state index is 5.48. The molecule has 2 N–H and O–H groups in total. The van der Waals surface area contributed by atoms with E-state index in [4.69, 9.17) is 5.73 Å². The van der Waals surface area contributed by atoms with Crippen molar-refractivity contribution >= 4 is 17.4 Å². The Morgan fingerprint density at radius 3 is 0.950 bits per heavy atom. The van der Waals surface area contributed by atoms with Crippen LogP contribution in [0.3, 0.4) is 0 Å². The van der Waals surface area contributed by atoms with E-state index in [1.54, 1.807) is 0 Å². The van der Waals surface area contributed by atoms with E-state index in [1.165, 1.54) is 103 Å². The summed E-state index contributed by atoms with van der Waals surface area (Å²) in [6.07, 6.45) is 22.9. The Kier molecular flexibility index (Phi) is 24.8. The Balaban J connectivity index is 0. The third-order valence-corrected chi connectivity index (χ3v) is 4.06. The van der Waals surface area contributed by atoms with Crippen LogP contribution in [0.1, 0.15) is 110 Å². The SMILES string of the molecule is CCCCCCCCCCCCCCCCCCN.[AlH3]. The molecule has 0 spiro atoms. The first-order valence-electron chi connectivity index (χ1n) is 9.12. The molecule has 0 heterocycles. The lowest BCUT2D eigenvalue weighted by Crippen LogP contribution is -1.97. The smallest absolute Gasteiger partial charge is 0.187 e. The van der Waals surface area contributed by atoms with E-state index in [2.05, 4.69) is 6.92 Å². The molecular weight excluding hydrogens is 257 g/mol. The first kappa shape index (κ1) is 22.8. The van der Waals surface area contributed by atoms with Crippen molar-refractivity contribution in [1.29, 1.82) is 0 Å². The van der Waals surface area contributed by atoms with Crippen LogP contribution >= 0.6 is 0 Å². The summed E-state index contributed by atoms with van der Waals surface area (Å²) < 4.78 is 0. The van der Waals surface area contributed by atoms with E-state index in [0.29, 0.717) is 0 Å². The van der Waals surface area contributed by atoms with Crippen molar-refractivity contribution in [3.8, 4) is 0 Å². The van der Waals surface area contributed by atoms with E-state index in [9.17, 15) is 0 Å². The van der Waals surface area contributed by atoms with Crippen LogP contribution in [0.25, 0.3) is 0 Å². The number of rotatable bonds is 16. The van der Waals surface area contributed by atoms with Crippen LogP contribution in [0, 0.1) is 0 Å². The summed E-state index contributed by atoms with van der Waals surface area (Å²) in [5, 5.41) is 0. The van der Waals surface area contributed by atoms with Crippen LogP contribution in [-0.2, 0) is 0 Å². The summed E-state index contributed by atoms with van der Waals surface area (Å²) in [6.45, 7) is 3.16. The third-order valence-electron chi connectivity index (χ3n) is 4.06. The van der Waals surface area contributed by atoms with Gasteiger partial charge in [-0.3, -0.25) is 0 Å². The number of hydrogen-bond acceptors (Lipinski definition) is 1. The van der Waals surface area contributed by atoms with E-state index in [1.807, 2.05) is 0 Å². The first-order chi connectivity index (χ1) is 9.41. The molecule has 0 unspecified atom stereocenters. The Morgan fingerprint density at radius 2 is 0.700 bits per heavy atom. The van der Waals surface area contributed by atoms with E-state index in [-0.39, 0.29) is 17.4 Å². The molecule has 0 amide bonds. The zero-order valence-corrected chi connectivity index (χ0v) is 13.6. The molecule has 0 aromatic heterocycles. The van der Waals surface area contributed by atoms with Gasteiger partial charge in [0.05, 0.1) is 0 Å². The molecule has 0 aliphatic rings. The Labute approximate surface area is 139 Å². The molecule has 0 rings (SSSR count). The lowest BCUT2D eigenvalue weighted by molar-refractivity contribution is 0.530. The predicted molar refractivity (Wildman–Crippen MR) is 98.5 cm³/mol. The van der Waals surface area contributed by atoms with E-state index >= 15 is 0 Å². The second-order valence-corrected chi connectivity index (χ2v) is 6.09. The Bertz CT molecular complexity index is 134. The maximum Gasteiger partial charge on any atom is 0.187 e. The summed E-state index contributed by atoms with van der Waals surface area (Å²) in [5.41, 5.74) is 5.48. The molecule has 0 aromatic rings. The highest BCUT2D eigenvalue weighted by molar-refractivity contribution is 5.75. The molecule has 0 bridgehead atoms. The molecule has 2 heteroatoms. The lowest BCUT2D eigenvalue weighted by Gasteiger charge is -2.03. The second-order valence-electron chi connectivity index (χ2n) is 6.09. The van der Waals surface area contributed by atoms with Crippen molar-refractivity contribution in [2.75, 3.05) is 6.54 Å². The van der Waals surface area contributed by atoms with Crippen molar-refractivity contribution in [2.24, 2.45) is 5.73 Å². The first-order valence-corrected chi connectivity index (χ1v) is 9.12. The molecule has 0 fully saturated rings. The molecule has 1 nitrogen and oxygen atoms in total. The minimum absolute atomic E-state index is 0. The molecule has 122 valence electrons. The monoisotopic (exact) mass is 299 g/mol. The molecule has 20 heavy (non-hydrogen) atoms. The summed E-state index contributed by atoms with van der Waals surface area (Å²) in [5.74, 6) is 0. The van der Waals surface area contributed by atoms with Crippen LogP contribution in [0.5, 0.6) is 0 Å². The lowest BCUT2D eigenvalue weighted by atomic mass is 10.0. The molecule has 0 aliphatic carbocycles. The van der Waals surface area contributed by atoms with Crippen molar-refractivity contribution in [2.45, 2.75) is 110 Å². The average molecular weight is 300 g/mol. The zero-order chi connectivity index (χ0) is 14.0. The maximum absolute atomic E-state index is 5.48. The van der Waals surface area contributed by atoms with Crippen molar-refractivity contribution in [3.63, 3.8) is 0 Å². The van der Waals surface area contributed by atoms with Gasteiger partial charge in [-0.25, -0.2) is 0 Å². The van der Waals surface area contributed by atoms with Crippen LogP contribution in [-0.4, -0.2) is 23.9 Å². The second kappa shape index (κ2) is 21.8.